The molecule has 0 unspecified atom stereocenters. The summed E-state index contributed by atoms with van der Waals surface area (Å²) in [6.45, 7) is 0. The first-order valence-electron chi connectivity index (χ1n) is 8.60. The van der Waals surface area contributed by atoms with Gasteiger partial charge in [0.1, 0.15) is 0 Å². The highest BCUT2D eigenvalue weighted by Crippen LogP contribution is 2.30. The number of amides is 1. The van der Waals surface area contributed by atoms with Crippen molar-refractivity contribution in [3.8, 4) is 0 Å². The first-order chi connectivity index (χ1) is 13.7. The van der Waals surface area contributed by atoms with E-state index in [1.807, 2.05) is 54.6 Å². The Morgan fingerprint density at radius 2 is 1.75 bits per heavy atom. The van der Waals surface area contributed by atoms with Gasteiger partial charge in [0.25, 0.3) is 0 Å². The summed E-state index contributed by atoms with van der Waals surface area (Å²) in [5.41, 5.74) is 2.83. The Balaban J connectivity index is 1.67. The van der Waals surface area contributed by atoms with Gasteiger partial charge in [0, 0.05) is 28.2 Å². The molecule has 0 saturated heterocycles. The Hall–Kier alpha value is -2.64. The quantitative estimate of drug-likeness (QED) is 0.396. The number of methoxy groups -OCH3 is 1. The predicted octanol–water partition coefficient (Wildman–Crippen LogP) is 4.52. The maximum Gasteiger partial charge on any atom is 0.336 e. The van der Waals surface area contributed by atoms with Gasteiger partial charge in [-0.3, -0.25) is 4.79 Å². The molecule has 5 nitrogen and oxygen atoms in total. The smallest absolute Gasteiger partial charge is 0.336 e. The van der Waals surface area contributed by atoms with Crippen LogP contribution in [0.15, 0.2) is 82.2 Å². The summed E-state index contributed by atoms with van der Waals surface area (Å²) in [5, 5.41) is 7.91. The fourth-order valence-electron chi connectivity index (χ4n) is 2.56. The van der Waals surface area contributed by atoms with E-state index in [0.29, 0.717) is 22.8 Å². The van der Waals surface area contributed by atoms with Crippen LogP contribution < -0.4 is 10.6 Å². The number of ether oxygens (including phenoxy) is 1. The fraction of sp³-hybridized carbons (Fsp3) is 0.143. The highest BCUT2D eigenvalue weighted by Gasteiger charge is 2.22. The SMILES string of the molecule is COC(=O)C1=C(Nc2ccccc2NC(=O)C=CSc2ccccc2)CSC1. The van der Waals surface area contributed by atoms with Gasteiger partial charge in [-0.2, -0.15) is 11.8 Å². The number of para-hydroxylation sites is 2. The lowest BCUT2D eigenvalue weighted by atomic mass is 10.2. The van der Waals surface area contributed by atoms with Crippen LogP contribution in [0.5, 0.6) is 0 Å². The third kappa shape index (κ3) is 5.43. The molecule has 0 radical (unpaired) electrons. The molecule has 0 fully saturated rings. The lowest BCUT2D eigenvalue weighted by Gasteiger charge is -2.14. The second-order valence-electron chi connectivity index (χ2n) is 5.83. The summed E-state index contributed by atoms with van der Waals surface area (Å²) in [6.07, 6.45) is 1.50. The zero-order chi connectivity index (χ0) is 19.8. The Labute approximate surface area is 172 Å². The second kappa shape index (κ2) is 10.1. The lowest BCUT2D eigenvalue weighted by molar-refractivity contribution is -0.136. The van der Waals surface area contributed by atoms with E-state index in [9.17, 15) is 9.59 Å². The molecule has 144 valence electrons. The highest BCUT2D eigenvalue weighted by molar-refractivity contribution is 8.02. The maximum atomic E-state index is 12.3. The second-order valence-corrected chi connectivity index (χ2v) is 7.80. The molecular formula is C21H20N2O3S2. The van der Waals surface area contributed by atoms with Gasteiger partial charge in [-0.15, -0.1) is 0 Å². The first-order valence-corrected chi connectivity index (χ1v) is 10.6. The molecule has 0 saturated carbocycles. The van der Waals surface area contributed by atoms with E-state index in [-0.39, 0.29) is 11.9 Å². The summed E-state index contributed by atoms with van der Waals surface area (Å²) in [7, 11) is 1.38. The number of benzene rings is 2. The Morgan fingerprint density at radius 3 is 2.50 bits per heavy atom. The van der Waals surface area contributed by atoms with Crippen LogP contribution >= 0.6 is 23.5 Å². The zero-order valence-electron chi connectivity index (χ0n) is 15.3. The third-order valence-electron chi connectivity index (χ3n) is 3.93. The van der Waals surface area contributed by atoms with Crippen molar-refractivity contribution in [3.05, 3.63) is 77.4 Å². The van der Waals surface area contributed by atoms with Crippen LogP contribution in [0, 0.1) is 0 Å². The van der Waals surface area contributed by atoms with Crippen molar-refractivity contribution in [3.63, 3.8) is 0 Å². The number of hydrogen-bond acceptors (Lipinski definition) is 6. The third-order valence-corrected chi connectivity index (χ3v) is 5.73. The van der Waals surface area contributed by atoms with Gasteiger partial charge >= 0.3 is 5.97 Å². The number of carbonyl (C=O) groups is 2. The largest absolute Gasteiger partial charge is 0.466 e. The number of esters is 1. The minimum absolute atomic E-state index is 0.222. The summed E-state index contributed by atoms with van der Waals surface area (Å²) in [4.78, 5) is 25.2. The van der Waals surface area contributed by atoms with Crippen molar-refractivity contribution in [2.75, 3.05) is 29.2 Å². The van der Waals surface area contributed by atoms with Gasteiger partial charge in [0.15, 0.2) is 0 Å². The number of carbonyl (C=O) groups excluding carboxylic acids is 2. The molecular weight excluding hydrogens is 392 g/mol. The van der Waals surface area contributed by atoms with Crippen molar-refractivity contribution in [1.29, 1.82) is 0 Å². The van der Waals surface area contributed by atoms with Gasteiger partial charge in [-0.05, 0) is 29.7 Å². The Kier molecular flexibility index (Phi) is 7.22. The molecule has 2 aromatic rings. The van der Waals surface area contributed by atoms with Crippen molar-refractivity contribution >= 4 is 46.8 Å². The summed E-state index contributed by atoms with van der Waals surface area (Å²) in [5.74, 6) is 0.763. The number of nitrogens with one attached hydrogen (secondary N) is 2. The Bertz CT molecular complexity index is 911. The minimum Gasteiger partial charge on any atom is -0.466 e. The van der Waals surface area contributed by atoms with E-state index < -0.39 is 0 Å². The van der Waals surface area contributed by atoms with Crippen LogP contribution in [-0.4, -0.2) is 30.5 Å². The molecule has 0 spiro atoms. The molecule has 0 atom stereocenters. The van der Waals surface area contributed by atoms with Crippen LogP contribution in [0.4, 0.5) is 11.4 Å². The van der Waals surface area contributed by atoms with Gasteiger partial charge in [0.05, 0.1) is 24.1 Å². The summed E-state index contributed by atoms with van der Waals surface area (Å²) >= 11 is 3.12. The molecule has 7 heteroatoms. The van der Waals surface area contributed by atoms with Gasteiger partial charge in [-0.25, -0.2) is 4.79 Å². The molecule has 0 aromatic heterocycles. The molecule has 1 aliphatic rings. The normalized spacial score (nSPS) is 13.6. The fourth-order valence-corrected chi connectivity index (χ4v) is 4.27. The average molecular weight is 413 g/mol. The van der Waals surface area contributed by atoms with E-state index in [1.54, 1.807) is 17.2 Å². The van der Waals surface area contributed by atoms with E-state index in [0.717, 1.165) is 16.3 Å². The molecule has 28 heavy (non-hydrogen) atoms. The van der Waals surface area contributed by atoms with Gasteiger partial charge in [-0.1, -0.05) is 42.1 Å². The molecule has 1 amide bonds. The minimum atomic E-state index is -0.324. The topological polar surface area (TPSA) is 67.4 Å². The number of rotatable bonds is 7. The van der Waals surface area contributed by atoms with Crippen molar-refractivity contribution in [2.45, 2.75) is 4.90 Å². The molecule has 1 aliphatic heterocycles. The van der Waals surface area contributed by atoms with Crippen LogP contribution in [0.3, 0.4) is 0 Å². The van der Waals surface area contributed by atoms with Gasteiger partial charge < -0.3 is 15.4 Å². The van der Waals surface area contributed by atoms with Crippen molar-refractivity contribution in [1.82, 2.24) is 0 Å². The number of hydrogen-bond donors (Lipinski definition) is 2. The highest BCUT2D eigenvalue weighted by atomic mass is 32.2. The van der Waals surface area contributed by atoms with E-state index in [1.165, 1.54) is 24.9 Å². The van der Waals surface area contributed by atoms with Crippen molar-refractivity contribution in [2.24, 2.45) is 0 Å². The van der Waals surface area contributed by atoms with Crippen LogP contribution in [0.25, 0.3) is 0 Å². The standard InChI is InChI=1S/C21H20N2O3S2/c1-26-21(25)16-13-27-14-19(16)22-17-9-5-6-10-18(17)23-20(24)11-12-28-15-7-3-2-4-8-15/h2-12,22H,13-14H2,1H3,(H,23,24). The molecule has 0 aliphatic carbocycles. The molecule has 2 aromatic carbocycles. The van der Waals surface area contributed by atoms with E-state index in [2.05, 4.69) is 10.6 Å². The van der Waals surface area contributed by atoms with Gasteiger partial charge in [0.2, 0.25) is 5.91 Å². The maximum absolute atomic E-state index is 12.3. The van der Waals surface area contributed by atoms with Crippen molar-refractivity contribution < 1.29 is 14.3 Å². The Morgan fingerprint density at radius 1 is 1.04 bits per heavy atom. The lowest BCUT2D eigenvalue weighted by Crippen LogP contribution is -2.13. The molecule has 3 rings (SSSR count). The zero-order valence-corrected chi connectivity index (χ0v) is 16.9. The summed E-state index contributed by atoms with van der Waals surface area (Å²) < 4.78 is 4.85. The van der Waals surface area contributed by atoms with E-state index >= 15 is 0 Å². The average Bonchev–Trinajstić information content (AvgIpc) is 3.18. The summed E-state index contributed by atoms with van der Waals surface area (Å²) in [6, 6.07) is 17.2. The first kappa shape index (κ1) is 20.1. The van der Waals surface area contributed by atoms with E-state index in [4.69, 9.17) is 4.74 Å². The van der Waals surface area contributed by atoms with Crippen LogP contribution in [0.2, 0.25) is 0 Å². The van der Waals surface area contributed by atoms with Crippen LogP contribution in [0.1, 0.15) is 0 Å². The monoisotopic (exact) mass is 412 g/mol. The molecule has 0 bridgehead atoms. The number of anilines is 2. The van der Waals surface area contributed by atoms with Crippen LogP contribution in [-0.2, 0) is 14.3 Å². The predicted molar refractivity (Wildman–Crippen MR) is 117 cm³/mol. The molecule has 2 N–H and O–H groups in total. The molecule has 1 heterocycles. The number of thioether (sulfide) groups is 2.